The molecule has 64 valence electrons. The van der Waals surface area contributed by atoms with Crippen LogP contribution in [0, 0.1) is 0 Å². The molecular formula is C9H10BrNO. The number of hydrogen-bond donors (Lipinski definition) is 1. The van der Waals surface area contributed by atoms with E-state index < -0.39 is 0 Å². The van der Waals surface area contributed by atoms with Gasteiger partial charge in [-0.1, -0.05) is 13.8 Å². The Morgan fingerprint density at radius 1 is 1.58 bits per heavy atom. The van der Waals surface area contributed by atoms with E-state index in [9.17, 15) is 4.79 Å². The van der Waals surface area contributed by atoms with Crippen LogP contribution in [0.4, 0.5) is 0 Å². The van der Waals surface area contributed by atoms with Crippen molar-refractivity contribution in [3.63, 3.8) is 0 Å². The topological polar surface area (TPSA) is 32.9 Å². The Balaban J connectivity index is 2.69. The van der Waals surface area contributed by atoms with Gasteiger partial charge in [-0.2, -0.15) is 0 Å². The minimum absolute atomic E-state index is 0.00868. The highest BCUT2D eigenvalue weighted by Gasteiger charge is 2.38. The summed E-state index contributed by atoms with van der Waals surface area (Å²) in [5.74, 6) is 0.247. The first-order chi connectivity index (χ1) is 5.52. The number of carbonyl (C=O) groups is 1. The molecule has 12 heavy (non-hydrogen) atoms. The van der Waals surface area contributed by atoms with Gasteiger partial charge in [-0.05, 0) is 15.9 Å². The largest absolute Gasteiger partial charge is 0.355 e. The van der Waals surface area contributed by atoms with Gasteiger partial charge in [0.15, 0.2) is 5.78 Å². The van der Waals surface area contributed by atoms with Crippen molar-refractivity contribution in [2.75, 3.05) is 0 Å². The molecular weight excluding hydrogens is 218 g/mol. The van der Waals surface area contributed by atoms with E-state index in [1.54, 1.807) is 6.20 Å². The smallest absolute Gasteiger partial charge is 0.165 e. The molecule has 0 fully saturated rings. The van der Waals surface area contributed by atoms with Gasteiger partial charge in [0.1, 0.15) is 0 Å². The van der Waals surface area contributed by atoms with Crippen molar-refractivity contribution in [1.29, 1.82) is 0 Å². The molecule has 0 spiro atoms. The highest BCUT2D eigenvalue weighted by molar-refractivity contribution is 9.10. The predicted octanol–water partition coefficient (Wildman–Crippen LogP) is 2.64. The molecule has 0 saturated carbocycles. The number of hydrogen-bond acceptors (Lipinski definition) is 1. The number of aromatic amines is 1. The summed E-state index contributed by atoms with van der Waals surface area (Å²) in [6, 6.07) is 0. The Hall–Kier alpha value is -0.570. The van der Waals surface area contributed by atoms with Crippen LogP contribution < -0.4 is 0 Å². The van der Waals surface area contributed by atoms with E-state index in [4.69, 9.17) is 0 Å². The summed E-state index contributed by atoms with van der Waals surface area (Å²) in [6.07, 6.45) is 2.42. The van der Waals surface area contributed by atoms with E-state index in [1.807, 2.05) is 0 Å². The average molecular weight is 228 g/mol. The van der Waals surface area contributed by atoms with Gasteiger partial charge in [-0.15, -0.1) is 0 Å². The average Bonchev–Trinajstić information content (AvgIpc) is 2.38. The molecule has 3 heteroatoms. The lowest BCUT2D eigenvalue weighted by atomic mass is 9.88. The summed E-state index contributed by atoms with van der Waals surface area (Å²) in [5, 5.41) is 0. The maximum absolute atomic E-state index is 11.5. The minimum atomic E-state index is -0.00868. The number of rotatable bonds is 0. The number of aromatic nitrogens is 1. The van der Waals surface area contributed by atoms with Crippen LogP contribution in [0.15, 0.2) is 10.8 Å². The summed E-state index contributed by atoms with van der Waals surface area (Å²) in [7, 11) is 0. The van der Waals surface area contributed by atoms with E-state index in [2.05, 4.69) is 34.8 Å². The first-order valence-corrected chi connectivity index (χ1v) is 4.72. The Morgan fingerprint density at radius 3 is 2.83 bits per heavy atom. The molecule has 0 atom stereocenters. The standard InChI is InChI=1S/C9H10BrNO/c1-9(2)3-6(12)5-4-11-8(10)7(5)9/h4,11H,3H2,1-2H3. The molecule has 1 aromatic heterocycles. The van der Waals surface area contributed by atoms with Gasteiger partial charge in [0.05, 0.1) is 4.60 Å². The van der Waals surface area contributed by atoms with Crippen LogP contribution in [0.2, 0.25) is 0 Å². The van der Waals surface area contributed by atoms with E-state index in [0.717, 1.165) is 15.7 Å². The Labute approximate surface area is 79.5 Å². The molecule has 1 heterocycles. The molecule has 0 bridgehead atoms. The summed E-state index contributed by atoms with van der Waals surface area (Å²) < 4.78 is 0.952. The zero-order chi connectivity index (χ0) is 8.93. The SMILES string of the molecule is CC1(C)CC(=O)c2c[nH]c(Br)c21. The second kappa shape index (κ2) is 2.22. The normalized spacial score (nSPS) is 19.8. The maximum Gasteiger partial charge on any atom is 0.165 e. The van der Waals surface area contributed by atoms with Crippen molar-refractivity contribution >= 4 is 21.7 Å². The van der Waals surface area contributed by atoms with Crippen LogP contribution in [0.1, 0.15) is 36.2 Å². The molecule has 0 radical (unpaired) electrons. The number of fused-ring (bicyclic) bond motifs is 1. The molecule has 1 N–H and O–H groups in total. The van der Waals surface area contributed by atoms with E-state index in [-0.39, 0.29) is 11.2 Å². The Morgan fingerprint density at radius 2 is 2.25 bits per heavy atom. The predicted molar refractivity (Wildman–Crippen MR) is 50.5 cm³/mol. The number of nitrogens with one attached hydrogen (secondary N) is 1. The molecule has 0 aliphatic heterocycles. The monoisotopic (exact) mass is 227 g/mol. The van der Waals surface area contributed by atoms with Crippen LogP contribution in [-0.4, -0.2) is 10.8 Å². The number of ketones is 1. The van der Waals surface area contributed by atoms with Crippen LogP contribution >= 0.6 is 15.9 Å². The van der Waals surface area contributed by atoms with Crippen molar-refractivity contribution < 1.29 is 4.79 Å². The van der Waals surface area contributed by atoms with Crippen LogP contribution in [0.25, 0.3) is 0 Å². The number of H-pyrrole nitrogens is 1. The number of halogens is 1. The van der Waals surface area contributed by atoms with Crippen molar-refractivity contribution in [2.45, 2.75) is 25.7 Å². The van der Waals surface area contributed by atoms with Crippen molar-refractivity contribution in [1.82, 2.24) is 4.98 Å². The lowest BCUT2D eigenvalue weighted by Crippen LogP contribution is -2.13. The first-order valence-electron chi connectivity index (χ1n) is 3.93. The van der Waals surface area contributed by atoms with Gasteiger partial charge in [0.2, 0.25) is 0 Å². The molecule has 1 aliphatic carbocycles. The zero-order valence-corrected chi connectivity index (χ0v) is 8.66. The second-order valence-corrected chi connectivity index (χ2v) is 4.67. The molecule has 1 aliphatic rings. The zero-order valence-electron chi connectivity index (χ0n) is 7.07. The molecule has 2 nitrogen and oxygen atoms in total. The van der Waals surface area contributed by atoms with Crippen molar-refractivity contribution in [2.24, 2.45) is 0 Å². The summed E-state index contributed by atoms with van der Waals surface area (Å²) in [5.41, 5.74) is 1.98. The Bertz CT molecular complexity index is 351. The van der Waals surface area contributed by atoms with Crippen molar-refractivity contribution in [3.05, 3.63) is 21.9 Å². The summed E-state index contributed by atoms with van der Waals surface area (Å²) in [6.45, 7) is 4.19. The Kier molecular flexibility index (Phi) is 1.49. The van der Waals surface area contributed by atoms with E-state index >= 15 is 0 Å². The fraction of sp³-hybridized carbons (Fsp3) is 0.444. The molecule has 0 aromatic carbocycles. The third kappa shape index (κ3) is 0.891. The van der Waals surface area contributed by atoms with Gasteiger partial charge in [-0.3, -0.25) is 4.79 Å². The molecule has 1 aromatic rings. The fourth-order valence-corrected chi connectivity index (χ4v) is 2.73. The van der Waals surface area contributed by atoms with Gasteiger partial charge >= 0.3 is 0 Å². The summed E-state index contributed by atoms with van der Waals surface area (Å²) >= 11 is 3.41. The van der Waals surface area contributed by atoms with E-state index in [0.29, 0.717) is 6.42 Å². The number of carbonyl (C=O) groups excluding carboxylic acids is 1. The van der Waals surface area contributed by atoms with Gasteiger partial charge in [-0.25, -0.2) is 0 Å². The molecule has 2 rings (SSSR count). The van der Waals surface area contributed by atoms with Crippen LogP contribution in [0.3, 0.4) is 0 Å². The lowest BCUT2D eigenvalue weighted by Gasteiger charge is -2.16. The van der Waals surface area contributed by atoms with Crippen molar-refractivity contribution in [3.8, 4) is 0 Å². The van der Waals surface area contributed by atoms with Gasteiger partial charge in [0.25, 0.3) is 0 Å². The third-order valence-corrected chi connectivity index (χ3v) is 3.04. The van der Waals surface area contributed by atoms with E-state index in [1.165, 1.54) is 0 Å². The van der Waals surface area contributed by atoms with Crippen LogP contribution in [-0.2, 0) is 5.41 Å². The fourth-order valence-electron chi connectivity index (χ4n) is 1.86. The number of Topliss-reactive ketones (excluding diaryl/α,β-unsaturated/α-hetero) is 1. The molecule has 0 unspecified atom stereocenters. The maximum atomic E-state index is 11.5. The summed E-state index contributed by atoms with van der Waals surface area (Å²) in [4.78, 5) is 14.5. The lowest BCUT2D eigenvalue weighted by molar-refractivity contribution is 0.0979. The van der Waals surface area contributed by atoms with Gasteiger partial charge in [0, 0.05) is 29.2 Å². The highest BCUT2D eigenvalue weighted by atomic mass is 79.9. The second-order valence-electron chi connectivity index (χ2n) is 3.88. The third-order valence-electron chi connectivity index (χ3n) is 2.41. The highest BCUT2D eigenvalue weighted by Crippen LogP contribution is 2.42. The minimum Gasteiger partial charge on any atom is -0.355 e. The first kappa shape index (κ1) is 8.05. The van der Waals surface area contributed by atoms with Gasteiger partial charge < -0.3 is 4.98 Å². The quantitative estimate of drug-likeness (QED) is 0.727. The molecule has 0 saturated heterocycles. The molecule has 0 amide bonds. The van der Waals surface area contributed by atoms with Crippen LogP contribution in [0.5, 0.6) is 0 Å².